The van der Waals surface area contributed by atoms with E-state index in [0.29, 0.717) is 0 Å². The molecule has 0 aromatic heterocycles. The van der Waals surface area contributed by atoms with Gasteiger partial charge >= 0.3 is 12.1 Å². The van der Waals surface area contributed by atoms with Crippen LogP contribution < -0.4 is 5.73 Å². The number of hydrogen-bond acceptors (Lipinski definition) is 6. The van der Waals surface area contributed by atoms with Crippen molar-refractivity contribution >= 4 is 17.9 Å². The molecule has 0 heterocycles. The molecule has 1 atom stereocenters. The fourth-order valence-electron chi connectivity index (χ4n) is 0.768. The molecule has 0 bridgehead atoms. The average molecular weight is 217 g/mol. The number of nitrogens with two attached hydrogens (primary N) is 1. The van der Waals surface area contributed by atoms with E-state index in [1.807, 2.05) is 0 Å². The first-order chi connectivity index (χ1) is 6.90. The van der Waals surface area contributed by atoms with Gasteiger partial charge in [-0.05, 0) is 6.92 Å². The lowest BCUT2D eigenvalue weighted by Gasteiger charge is -2.10. The number of esters is 1. The number of carbonyl (C=O) groups is 3. The van der Waals surface area contributed by atoms with Crippen molar-refractivity contribution in [2.45, 2.75) is 26.8 Å². The minimum atomic E-state index is -1.44. The van der Waals surface area contributed by atoms with E-state index in [4.69, 9.17) is 5.73 Å². The maximum absolute atomic E-state index is 11.2. The van der Waals surface area contributed by atoms with Crippen molar-refractivity contribution in [1.29, 1.82) is 0 Å². The molecule has 0 saturated carbocycles. The molecular formula is C9H15NO5. The quantitative estimate of drug-likeness (QED) is 0.535. The van der Waals surface area contributed by atoms with Crippen molar-refractivity contribution < 1.29 is 23.9 Å². The maximum Gasteiger partial charge on any atom is 0.516 e. The van der Waals surface area contributed by atoms with E-state index in [1.54, 1.807) is 20.8 Å². The molecule has 2 N–H and O–H groups in total. The van der Waals surface area contributed by atoms with Crippen molar-refractivity contribution in [2.24, 2.45) is 11.7 Å². The van der Waals surface area contributed by atoms with Gasteiger partial charge in [-0.1, -0.05) is 13.8 Å². The Balaban J connectivity index is 4.22. The number of Topliss-reactive ketones (excluding diaryl/α,β-unsaturated/α-hetero) is 1. The molecule has 0 fully saturated rings. The number of ketones is 1. The van der Waals surface area contributed by atoms with Gasteiger partial charge in [0.2, 0.25) is 0 Å². The van der Waals surface area contributed by atoms with Gasteiger partial charge in [-0.25, -0.2) is 9.59 Å². The standard InChI is InChI=1S/C9H15NO5/c1-4-14-9(13)15-8(12)6(10)7(11)5(2)3/h5-6H,4,10H2,1-3H3. The van der Waals surface area contributed by atoms with Crippen LogP contribution in [0.5, 0.6) is 0 Å². The second-order valence-corrected chi connectivity index (χ2v) is 3.14. The Hall–Kier alpha value is -1.43. The predicted molar refractivity (Wildman–Crippen MR) is 50.9 cm³/mol. The van der Waals surface area contributed by atoms with Gasteiger partial charge in [-0.3, -0.25) is 4.79 Å². The molecule has 0 radical (unpaired) electrons. The van der Waals surface area contributed by atoms with Crippen molar-refractivity contribution in [2.75, 3.05) is 6.61 Å². The Morgan fingerprint density at radius 3 is 2.20 bits per heavy atom. The molecule has 0 aromatic carbocycles. The van der Waals surface area contributed by atoms with Crippen molar-refractivity contribution in [3.63, 3.8) is 0 Å². The normalized spacial score (nSPS) is 12.1. The monoisotopic (exact) mass is 217 g/mol. The third kappa shape index (κ3) is 4.55. The van der Waals surface area contributed by atoms with Gasteiger partial charge in [0.15, 0.2) is 11.8 Å². The zero-order valence-electron chi connectivity index (χ0n) is 8.98. The van der Waals surface area contributed by atoms with E-state index in [-0.39, 0.29) is 6.61 Å². The first kappa shape index (κ1) is 13.6. The first-order valence-electron chi connectivity index (χ1n) is 4.57. The second-order valence-electron chi connectivity index (χ2n) is 3.14. The van der Waals surface area contributed by atoms with E-state index in [9.17, 15) is 14.4 Å². The summed E-state index contributed by atoms with van der Waals surface area (Å²) in [5.41, 5.74) is 5.27. The highest BCUT2D eigenvalue weighted by molar-refractivity contribution is 6.05. The predicted octanol–water partition coefficient (Wildman–Crippen LogP) is 0.238. The molecule has 0 aromatic rings. The van der Waals surface area contributed by atoms with Gasteiger partial charge in [0.1, 0.15) is 0 Å². The number of hydrogen-bond donors (Lipinski definition) is 1. The van der Waals surface area contributed by atoms with Crippen LogP contribution in [0.4, 0.5) is 4.79 Å². The first-order valence-corrected chi connectivity index (χ1v) is 4.57. The molecule has 0 saturated heterocycles. The molecule has 0 spiro atoms. The summed E-state index contributed by atoms with van der Waals surface area (Å²) in [5, 5.41) is 0. The summed E-state index contributed by atoms with van der Waals surface area (Å²) in [7, 11) is 0. The van der Waals surface area contributed by atoms with Crippen LogP contribution in [0.1, 0.15) is 20.8 Å². The molecule has 0 aliphatic carbocycles. The fraction of sp³-hybridized carbons (Fsp3) is 0.667. The topological polar surface area (TPSA) is 95.7 Å². The zero-order chi connectivity index (χ0) is 12.0. The van der Waals surface area contributed by atoms with Crippen LogP contribution in [0.3, 0.4) is 0 Å². The summed E-state index contributed by atoms with van der Waals surface area (Å²) >= 11 is 0. The van der Waals surface area contributed by atoms with Gasteiger partial charge in [-0.2, -0.15) is 0 Å². The Bertz CT molecular complexity index is 261. The molecule has 6 heteroatoms. The van der Waals surface area contributed by atoms with E-state index < -0.39 is 29.9 Å². The van der Waals surface area contributed by atoms with Gasteiger partial charge < -0.3 is 15.2 Å². The van der Waals surface area contributed by atoms with Crippen molar-refractivity contribution in [3.8, 4) is 0 Å². The number of ether oxygens (including phenoxy) is 2. The summed E-state index contributed by atoms with van der Waals surface area (Å²) < 4.78 is 8.53. The van der Waals surface area contributed by atoms with Crippen molar-refractivity contribution in [3.05, 3.63) is 0 Å². The van der Waals surface area contributed by atoms with E-state index in [2.05, 4.69) is 9.47 Å². The van der Waals surface area contributed by atoms with E-state index in [0.717, 1.165) is 0 Å². The van der Waals surface area contributed by atoms with E-state index >= 15 is 0 Å². The highest BCUT2D eigenvalue weighted by Gasteiger charge is 2.27. The zero-order valence-corrected chi connectivity index (χ0v) is 8.98. The van der Waals surface area contributed by atoms with Crippen LogP contribution in [0.15, 0.2) is 0 Å². The Labute approximate surface area is 87.7 Å². The SMILES string of the molecule is CCOC(=O)OC(=O)C(N)C(=O)C(C)C. The lowest BCUT2D eigenvalue weighted by atomic mass is 10.0. The van der Waals surface area contributed by atoms with Crippen LogP contribution in [0.25, 0.3) is 0 Å². The molecule has 0 rings (SSSR count). The third-order valence-corrected chi connectivity index (χ3v) is 1.58. The Morgan fingerprint density at radius 1 is 1.27 bits per heavy atom. The smallest absolute Gasteiger partial charge is 0.434 e. The lowest BCUT2D eigenvalue weighted by molar-refractivity contribution is -0.145. The third-order valence-electron chi connectivity index (χ3n) is 1.58. The molecule has 15 heavy (non-hydrogen) atoms. The number of carbonyl (C=O) groups excluding carboxylic acids is 3. The maximum atomic E-state index is 11.2. The van der Waals surface area contributed by atoms with Crippen LogP contribution in [0.2, 0.25) is 0 Å². The molecule has 86 valence electrons. The van der Waals surface area contributed by atoms with Crippen molar-refractivity contribution in [1.82, 2.24) is 0 Å². The molecule has 0 amide bonds. The fourth-order valence-corrected chi connectivity index (χ4v) is 0.768. The average Bonchev–Trinajstić information content (AvgIpc) is 2.15. The minimum absolute atomic E-state index is 0.0828. The molecule has 0 aliphatic rings. The molecule has 1 unspecified atom stereocenters. The Morgan fingerprint density at radius 2 is 1.80 bits per heavy atom. The van der Waals surface area contributed by atoms with Gasteiger partial charge in [0.25, 0.3) is 0 Å². The molecular weight excluding hydrogens is 202 g/mol. The van der Waals surface area contributed by atoms with Gasteiger partial charge in [-0.15, -0.1) is 0 Å². The highest BCUT2D eigenvalue weighted by atomic mass is 16.7. The Kier molecular flexibility index (Phi) is 5.54. The summed E-state index contributed by atoms with van der Waals surface area (Å²) in [5.74, 6) is -1.97. The van der Waals surface area contributed by atoms with Crippen LogP contribution in [-0.4, -0.2) is 30.6 Å². The van der Waals surface area contributed by atoms with E-state index in [1.165, 1.54) is 0 Å². The largest absolute Gasteiger partial charge is 0.516 e. The summed E-state index contributed by atoms with van der Waals surface area (Å²) in [6, 6.07) is -1.44. The van der Waals surface area contributed by atoms with Crippen LogP contribution in [0, 0.1) is 5.92 Å². The summed E-state index contributed by atoms with van der Waals surface area (Å²) in [6.07, 6.45) is -1.14. The van der Waals surface area contributed by atoms with Gasteiger partial charge in [0.05, 0.1) is 6.61 Å². The minimum Gasteiger partial charge on any atom is -0.434 e. The molecule has 6 nitrogen and oxygen atoms in total. The lowest BCUT2D eigenvalue weighted by Crippen LogP contribution is -2.43. The second kappa shape index (κ2) is 6.13. The summed E-state index contributed by atoms with van der Waals surface area (Å²) in [6.45, 7) is 4.84. The summed E-state index contributed by atoms with van der Waals surface area (Å²) in [4.78, 5) is 33.1. The highest BCUT2D eigenvalue weighted by Crippen LogP contribution is 2.00. The number of rotatable bonds is 4. The molecule has 0 aliphatic heterocycles. The van der Waals surface area contributed by atoms with Gasteiger partial charge in [0, 0.05) is 5.92 Å². The van der Waals surface area contributed by atoms with Crippen LogP contribution >= 0.6 is 0 Å². The van der Waals surface area contributed by atoms with Crippen LogP contribution in [-0.2, 0) is 19.1 Å².